The number of benzene rings is 1. The van der Waals surface area contributed by atoms with Gasteiger partial charge in [-0.1, -0.05) is 18.2 Å². The van der Waals surface area contributed by atoms with E-state index in [1.165, 1.54) is 17.0 Å². The molecule has 1 aliphatic heterocycles. The predicted octanol–water partition coefficient (Wildman–Crippen LogP) is 2.96. The molecule has 2 amide bonds. The van der Waals surface area contributed by atoms with E-state index in [1.54, 1.807) is 6.07 Å². The summed E-state index contributed by atoms with van der Waals surface area (Å²) < 4.78 is 38.8. The third-order valence-corrected chi connectivity index (χ3v) is 3.51. The average Bonchev–Trinajstić information content (AvgIpc) is 2.38. The molecular weight excluding hydrogens is 257 g/mol. The highest BCUT2D eigenvalue weighted by molar-refractivity contribution is 5.72. The molecule has 1 saturated heterocycles. The number of carbonyl (C=O) groups excluding carboxylic acids is 1. The van der Waals surface area contributed by atoms with Crippen molar-refractivity contribution < 1.29 is 18.0 Å². The average molecular weight is 272 g/mol. The Balaban J connectivity index is 2.18. The fraction of sp³-hybridized carbons (Fsp3) is 0.462. The van der Waals surface area contributed by atoms with Crippen LogP contribution in [0.4, 0.5) is 18.0 Å². The molecule has 19 heavy (non-hydrogen) atoms. The van der Waals surface area contributed by atoms with Crippen molar-refractivity contribution in [2.45, 2.75) is 24.9 Å². The molecule has 1 aliphatic rings. The monoisotopic (exact) mass is 272 g/mol. The predicted molar refractivity (Wildman–Crippen MR) is 64.6 cm³/mol. The topological polar surface area (TPSA) is 46.3 Å². The molecule has 104 valence electrons. The number of nitrogens with two attached hydrogens (primary N) is 1. The number of nitrogens with zero attached hydrogens (tertiary/aromatic N) is 1. The molecule has 2 rings (SSSR count). The van der Waals surface area contributed by atoms with Gasteiger partial charge in [0.05, 0.1) is 5.56 Å². The number of primary amides is 1. The number of piperidine rings is 1. The zero-order valence-corrected chi connectivity index (χ0v) is 10.3. The smallest absolute Gasteiger partial charge is 0.351 e. The van der Waals surface area contributed by atoms with Crippen LogP contribution >= 0.6 is 0 Å². The minimum absolute atomic E-state index is 0.173. The SMILES string of the molecule is NC(=O)N1CCC(c2ccccc2C(F)(F)F)CC1. The van der Waals surface area contributed by atoms with E-state index < -0.39 is 17.8 Å². The van der Waals surface area contributed by atoms with Gasteiger partial charge in [0.15, 0.2) is 0 Å². The summed E-state index contributed by atoms with van der Waals surface area (Å²) in [4.78, 5) is 12.5. The lowest BCUT2D eigenvalue weighted by Gasteiger charge is -2.32. The third kappa shape index (κ3) is 3.00. The zero-order valence-electron chi connectivity index (χ0n) is 10.3. The number of carbonyl (C=O) groups is 1. The van der Waals surface area contributed by atoms with Crippen LogP contribution in [0, 0.1) is 0 Å². The van der Waals surface area contributed by atoms with E-state index in [0.29, 0.717) is 31.5 Å². The maximum Gasteiger partial charge on any atom is 0.416 e. The second-order valence-corrected chi connectivity index (χ2v) is 4.68. The highest BCUT2D eigenvalue weighted by Gasteiger charge is 2.35. The van der Waals surface area contributed by atoms with Crippen molar-refractivity contribution in [3.63, 3.8) is 0 Å². The molecule has 0 unspecified atom stereocenters. The fourth-order valence-corrected chi connectivity index (χ4v) is 2.52. The Hall–Kier alpha value is -1.72. The molecule has 0 aliphatic carbocycles. The first-order valence-electron chi connectivity index (χ1n) is 6.10. The van der Waals surface area contributed by atoms with Gasteiger partial charge < -0.3 is 10.6 Å². The van der Waals surface area contributed by atoms with Crippen molar-refractivity contribution in [3.05, 3.63) is 35.4 Å². The van der Waals surface area contributed by atoms with Crippen LogP contribution in [0.3, 0.4) is 0 Å². The van der Waals surface area contributed by atoms with Gasteiger partial charge in [0, 0.05) is 13.1 Å². The number of halogens is 3. The molecule has 0 bridgehead atoms. The number of amides is 2. The van der Waals surface area contributed by atoms with Crippen molar-refractivity contribution in [3.8, 4) is 0 Å². The van der Waals surface area contributed by atoms with Crippen molar-refractivity contribution >= 4 is 6.03 Å². The van der Waals surface area contributed by atoms with Gasteiger partial charge in [-0.3, -0.25) is 0 Å². The van der Waals surface area contributed by atoms with Gasteiger partial charge in [-0.05, 0) is 30.4 Å². The van der Waals surface area contributed by atoms with Crippen molar-refractivity contribution in [2.24, 2.45) is 5.73 Å². The van der Waals surface area contributed by atoms with Crippen LogP contribution in [0.25, 0.3) is 0 Å². The second-order valence-electron chi connectivity index (χ2n) is 4.68. The van der Waals surface area contributed by atoms with Crippen molar-refractivity contribution in [1.82, 2.24) is 4.90 Å². The number of hydrogen-bond donors (Lipinski definition) is 1. The lowest BCUT2D eigenvalue weighted by atomic mass is 9.86. The molecule has 1 aromatic rings. The molecule has 0 atom stereocenters. The van der Waals surface area contributed by atoms with Gasteiger partial charge >= 0.3 is 12.2 Å². The van der Waals surface area contributed by atoms with Crippen molar-refractivity contribution in [1.29, 1.82) is 0 Å². The highest BCUT2D eigenvalue weighted by atomic mass is 19.4. The zero-order chi connectivity index (χ0) is 14.0. The molecule has 2 N–H and O–H groups in total. The maximum absolute atomic E-state index is 12.9. The lowest BCUT2D eigenvalue weighted by molar-refractivity contribution is -0.138. The number of urea groups is 1. The third-order valence-electron chi connectivity index (χ3n) is 3.51. The van der Waals surface area contributed by atoms with E-state index in [0.717, 1.165) is 6.07 Å². The first-order chi connectivity index (χ1) is 8.89. The molecule has 0 aromatic heterocycles. The Morgan fingerprint density at radius 1 is 1.21 bits per heavy atom. The molecule has 1 heterocycles. The normalized spacial score (nSPS) is 17.5. The van der Waals surface area contributed by atoms with Gasteiger partial charge in [0.2, 0.25) is 0 Å². The molecule has 0 spiro atoms. The van der Waals surface area contributed by atoms with E-state index in [9.17, 15) is 18.0 Å². The first-order valence-corrected chi connectivity index (χ1v) is 6.10. The summed E-state index contributed by atoms with van der Waals surface area (Å²) in [5, 5.41) is 0. The Labute approximate surface area is 109 Å². The van der Waals surface area contributed by atoms with Gasteiger partial charge in [0.1, 0.15) is 0 Å². The van der Waals surface area contributed by atoms with E-state index in [2.05, 4.69) is 0 Å². The molecule has 1 fully saturated rings. The minimum Gasteiger partial charge on any atom is -0.351 e. The summed E-state index contributed by atoms with van der Waals surface area (Å²) in [5.74, 6) is -0.173. The Morgan fingerprint density at radius 3 is 2.32 bits per heavy atom. The number of likely N-dealkylation sites (tertiary alicyclic amines) is 1. The van der Waals surface area contributed by atoms with Crippen molar-refractivity contribution in [2.75, 3.05) is 13.1 Å². The summed E-state index contributed by atoms with van der Waals surface area (Å²) in [6.07, 6.45) is -3.32. The number of alkyl halides is 3. The lowest BCUT2D eigenvalue weighted by Crippen LogP contribution is -2.41. The number of hydrogen-bond acceptors (Lipinski definition) is 1. The van der Waals surface area contributed by atoms with Gasteiger partial charge in [-0.25, -0.2) is 4.79 Å². The highest BCUT2D eigenvalue weighted by Crippen LogP contribution is 2.38. The summed E-state index contributed by atoms with van der Waals surface area (Å²) in [5.41, 5.74) is 4.90. The van der Waals surface area contributed by atoms with E-state index >= 15 is 0 Å². The van der Waals surface area contributed by atoms with Gasteiger partial charge in [0.25, 0.3) is 0 Å². The van der Waals surface area contributed by atoms with Gasteiger partial charge in [-0.2, -0.15) is 13.2 Å². The molecule has 0 radical (unpaired) electrons. The summed E-state index contributed by atoms with van der Waals surface area (Å²) in [6, 6.07) is 5.13. The van der Waals surface area contributed by atoms with Crippen LogP contribution in [-0.2, 0) is 6.18 Å². The molecule has 6 heteroatoms. The number of rotatable bonds is 1. The minimum atomic E-state index is -4.34. The summed E-state index contributed by atoms with van der Waals surface area (Å²) in [6.45, 7) is 0.818. The fourth-order valence-electron chi connectivity index (χ4n) is 2.52. The van der Waals surface area contributed by atoms with Crippen LogP contribution < -0.4 is 5.73 Å². The summed E-state index contributed by atoms with van der Waals surface area (Å²) >= 11 is 0. The molecule has 1 aromatic carbocycles. The van der Waals surface area contributed by atoms with Crippen LogP contribution in [-0.4, -0.2) is 24.0 Å². The quantitative estimate of drug-likeness (QED) is 0.839. The molecule has 0 saturated carbocycles. The standard InChI is InChI=1S/C13H15F3N2O/c14-13(15,16)11-4-2-1-3-10(11)9-5-7-18(8-6-9)12(17)19/h1-4,9H,5-8H2,(H2,17,19). The van der Waals surface area contributed by atoms with Crippen LogP contribution in [0.5, 0.6) is 0 Å². The largest absolute Gasteiger partial charge is 0.416 e. The molecular formula is C13H15F3N2O. The second kappa shape index (κ2) is 5.11. The Kier molecular flexibility index (Phi) is 3.68. The first kappa shape index (κ1) is 13.7. The van der Waals surface area contributed by atoms with Crippen LogP contribution in [0.1, 0.15) is 29.9 Å². The molecule has 3 nitrogen and oxygen atoms in total. The van der Waals surface area contributed by atoms with Crippen LogP contribution in [0.15, 0.2) is 24.3 Å². The maximum atomic E-state index is 12.9. The Morgan fingerprint density at radius 2 is 1.79 bits per heavy atom. The van der Waals surface area contributed by atoms with Gasteiger partial charge in [-0.15, -0.1) is 0 Å². The summed E-state index contributed by atoms with van der Waals surface area (Å²) in [7, 11) is 0. The Bertz CT molecular complexity index is 465. The van der Waals surface area contributed by atoms with E-state index in [1.807, 2.05) is 0 Å². The van der Waals surface area contributed by atoms with E-state index in [4.69, 9.17) is 5.73 Å². The van der Waals surface area contributed by atoms with E-state index in [-0.39, 0.29) is 5.92 Å². The van der Waals surface area contributed by atoms with Crippen LogP contribution in [0.2, 0.25) is 0 Å².